The Morgan fingerprint density at radius 1 is 1.29 bits per heavy atom. The molecule has 3 aromatic rings. The van der Waals surface area contributed by atoms with E-state index in [0.29, 0.717) is 27.6 Å². The molecule has 1 unspecified atom stereocenters. The number of carbonyl (C=O) groups is 2. The third-order valence-electron chi connectivity index (χ3n) is 5.19. The summed E-state index contributed by atoms with van der Waals surface area (Å²) in [6, 6.07) is 7.77. The summed E-state index contributed by atoms with van der Waals surface area (Å²) in [4.78, 5) is 26.1. The van der Waals surface area contributed by atoms with Crippen LogP contribution in [0.1, 0.15) is 39.7 Å². The predicted molar refractivity (Wildman–Crippen MR) is 121 cm³/mol. The number of methoxy groups -OCH3 is 1. The summed E-state index contributed by atoms with van der Waals surface area (Å²) < 4.78 is 10.6. The molecule has 0 saturated heterocycles. The Balaban J connectivity index is 1.42. The summed E-state index contributed by atoms with van der Waals surface area (Å²) in [5.74, 6) is 0.424. The van der Waals surface area contributed by atoms with Crippen molar-refractivity contribution in [1.82, 2.24) is 10.2 Å². The molecule has 2 aromatic heterocycles. The molecule has 1 N–H and O–H groups in total. The topological polar surface area (TPSA) is 94.3 Å². The molecular formula is C22H23N3O4S2. The average Bonchev–Trinajstić information content (AvgIpc) is 3.36. The Kier molecular flexibility index (Phi) is 6.43. The lowest BCUT2D eigenvalue weighted by Crippen LogP contribution is -2.17. The van der Waals surface area contributed by atoms with Crippen molar-refractivity contribution in [3.63, 3.8) is 0 Å². The average molecular weight is 458 g/mol. The van der Waals surface area contributed by atoms with Crippen LogP contribution in [0, 0.1) is 12.8 Å². The van der Waals surface area contributed by atoms with Crippen LogP contribution in [0.4, 0.5) is 5.00 Å². The SMILES string of the molecule is COC(=O)c1c(NC(=O)CSc2nnc(-c3ccc(C)cc3)o2)sc2c1CCC(C)C2. The van der Waals surface area contributed by atoms with Gasteiger partial charge in [-0.25, -0.2) is 4.79 Å². The Labute approximate surface area is 188 Å². The van der Waals surface area contributed by atoms with Crippen LogP contribution in [0.25, 0.3) is 11.5 Å². The molecular weight excluding hydrogens is 434 g/mol. The molecule has 0 radical (unpaired) electrons. The standard InChI is InChI=1S/C22H23N3O4S2/c1-12-4-7-14(8-5-12)19-24-25-22(29-19)30-11-17(26)23-20-18(21(27)28-3)15-9-6-13(2)10-16(15)31-20/h4-5,7-8,13H,6,9-11H2,1-3H3,(H,23,26). The van der Waals surface area contributed by atoms with Crippen molar-refractivity contribution in [2.45, 2.75) is 38.3 Å². The monoisotopic (exact) mass is 457 g/mol. The summed E-state index contributed by atoms with van der Waals surface area (Å²) in [6.45, 7) is 4.21. The summed E-state index contributed by atoms with van der Waals surface area (Å²) in [5, 5.41) is 11.8. The maximum atomic E-state index is 12.6. The van der Waals surface area contributed by atoms with Crippen LogP contribution in [-0.4, -0.2) is 34.9 Å². The van der Waals surface area contributed by atoms with E-state index in [9.17, 15) is 9.59 Å². The Morgan fingerprint density at radius 2 is 2.06 bits per heavy atom. The van der Waals surface area contributed by atoms with Crippen molar-refractivity contribution >= 4 is 40.0 Å². The largest absolute Gasteiger partial charge is 0.465 e. The molecule has 0 spiro atoms. The van der Waals surface area contributed by atoms with Gasteiger partial charge in [-0.3, -0.25) is 4.79 Å². The molecule has 31 heavy (non-hydrogen) atoms. The van der Waals surface area contributed by atoms with E-state index in [2.05, 4.69) is 22.4 Å². The van der Waals surface area contributed by atoms with Crippen LogP contribution in [-0.2, 0) is 22.4 Å². The molecule has 1 aliphatic carbocycles. The van der Waals surface area contributed by atoms with Crippen molar-refractivity contribution in [2.75, 3.05) is 18.2 Å². The van der Waals surface area contributed by atoms with E-state index in [1.54, 1.807) is 0 Å². The number of rotatable bonds is 6. The molecule has 4 rings (SSSR count). The molecule has 1 aromatic carbocycles. The van der Waals surface area contributed by atoms with Crippen LogP contribution < -0.4 is 5.32 Å². The Hall–Kier alpha value is -2.65. The second-order valence-electron chi connectivity index (χ2n) is 7.62. The van der Waals surface area contributed by atoms with Gasteiger partial charge in [0.05, 0.1) is 18.4 Å². The fraction of sp³-hybridized carbons (Fsp3) is 0.364. The third kappa shape index (κ3) is 4.83. The number of hydrogen-bond donors (Lipinski definition) is 1. The number of hydrogen-bond acceptors (Lipinski definition) is 8. The van der Waals surface area contributed by atoms with Crippen LogP contribution in [0.3, 0.4) is 0 Å². The van der Waals surface area contributed by atoms with Crippen molar-refractivity contribution in [3.05, 3.63) is 45.8 Å². The van der Waals surface area contributed by atoms with E-state index in [4.69, 9.17) is 9.15 Å². The van der Waals surface area contributed by atoms with Gasteiger partial charge in [-0.15, -0.1) is 21.5 Å². The van der Waals surface area contributed by atoms with Gasteiger partial charge in [-0.2, -0.15) is 0 Å². The maximum Gasteiger partial charge on any atom is 0.341 e. The molecule has 162 valence electrons. The molecule has 1 amide bonds. The number of thioether (sulfide) groups is 1. The van der Waals surface area contributed by atoms with E-state index in [-0.39, 0.29) is 11.7 Å². The van der Waals surface area contributed by atoms with E-state index in [0.717, 1.165) is 52.6 Å². The highest BCUT2D eigenvalue weighted by molar-refractivity contribution is 7.99. The number of aromatic nitrogens is 2. The first-order chi connectivity index (χ1) is 14.9. The van der Waals surface area contributed by atoms with Gasteiger partial charge in [0.2, 0.25) is 11.8 Å². The first-order valence-corrected chi connectivity index (χ1v) is 11.8. The smallest absolute Gasteiger partial charge is 0.341 e. The highest BCUT2D eigenvalue weighted by atomic mass is 32.2. The van der Waals surface area contributed by atoms with Crippen LogP contribution in [0.15, 0.2) is 33.9 Å². The molecule has 7 nitrogen and oxygen atoms in total. The molecule has 2 heterocycles. The molecule has 0 fully saturated rings. The lowest BCUT2D eigenvalue weighted by molar-refractivity contribution is -0.113. The highest BCUT2D eigenvalue weighted by Gasteiger charge is 2.29. The Bertz CT molecular complexity index is 1100. The van der Waals surface area contributed by atoms with Crippen LogP contribution in [0.2, 0.25) is 0 Å². The zero-order valence-corrected chi connectivity index (χ0v) is 19.2. The van der Waals surface area contributed by atoms with Crippen LogP contribution in [0.5, 0.6) is 0 Å². The quantitative estimate of drug-likeness (QED) is 0.422. The fourth-order valence-electron chi connectivity index (χ4n) is 3.53. The van der Waals surface area contributed by atoms with Crippen molar-refractivity contribution < 1.29 is 18.7 Å². The van der Waals surface area contributed by atoms with Crippen molar-refractivity contribution in [3.8, 4) is 11.5 Å². The first kappa shape index (κ1) is 21.6. The lowest BCUT2D eigenvalue weighted by Gasteiger charge is -2.18. The molecule has 0 aliphatic heterocycles. The second kappa shape index (κ2) is 9.23. The number of carbonyl (C=O) groups excluding carboxylic acids is 2. The number of thiophene rings is 1. The van der Waals surface area contributed by atoms with Gasteiger partial charge in [0.25, 0.3) is 5.22 Å². The van der Waals surface area contributed by atoms with Gasteiger partial charge in [0.1, 0.15) is 5.00 Å². The fourth-order valence-corrected chi connectivity index (χ4v) is 5.51. The summed E-state index contributed by atoms with van der Waals surface area (Å²) in [7, 11) is 1.36. The summed E-state index contributed by atoms with van der Waals surface area (Å²) in [6.07, 6.45) is 2.77. The summed E-state index contributed by atoms with van der Waals surface area (Å²) >= 11 is 2.63. The number of ether oxygens (including phenoxy) is 1. The Morgan fingerprint density at radius 3 is 2.81 bits per heavy atom. The molecule has 1 aliphatic rings. The van der Waals surface area contributed by atoms with Gasteiger partial charge in [0, 0.05) is 10.4 Å². The van der Waals surface area contributed by atoms with E-state index >= 15 is 0 Å². The predicted octanol–water partition coefficient (Wildman–Crippen LogP) is 4.75. The van der Waals surface area contributed by atoms with Gasteiger partial charge < -0.3 is 14.5 Å². The first-order valence-electron chi connectivity index (χ1n) is 10.0. The number of aryl methyl sites for hydroxylation is 1. The van der Waals surface area contributed by atoms with Crippen molar-refractivity contribution in [1.29, 1.82) is 0 Å². The number of esters is 1. The lowest BCUT2D eigenvalue weighted by atomic mass is 9.88. The zero-order valence-electron chi connectivity index (χ0n) is 17.6. The summed E-state index contributed by atoms with van der Waals surface area (Å²) in [5.41, 5.74) is 3.48. The van der Waals surface area contributed by atoms with Gasteiger partial charge >= 0.3 is 5.97 Å². The minimum Gasteiger partial charge on any atom is -0.465 e. The molecule has 0 saturated carbocycles. The normalized spacial score (nSPS) is 15.4. The number of fused-ring (bicyclic) bond motifs is 1. The molecule has 0 bridgehead atoms. The van der Waals surface area contributed by atoms with Gasteiger partial charge in [0.15, 0.2) is 0 Å². The zero-order chi connectivity index (χ0) is 22.0. The minimum absolute atomic E-state index is 0.0924. The number of benzene rings is 1. The molecule has 1 atom stereocenters. The number of anilines is 1. The van der Waals surface area contributed by atoms with Crippen molar-refractivity contribution in [2.24, 2.45) is 5.92 Å². The minimum atomic E-state index is -0.408. The van der Waals surface area contributed by atoms with Gasteiger partial charge in [-0.05, 0) is 49.8 Å². The van der Waals surface area contributed by atoms with E-state index < -0.39 is 5.97 Å². The van der Waals surface area contributed by atoms with E-state index in [1.165, 1.54) is 18.4 Å². The van der Waals surface area contributed by atoms with Gasteiger partial charge in [-0.1, -0.05) is 36.4 Å². The number of amides is 1. The second-order valence-corrected chi connectivity index (χ2v) is 9.66. The number of nitrogens with zero attached hydrogens (tertiary/aromatic N) is 2. The van der Waals surface area contributed by atoms with Crippen LogP contribution >= 0.6 is 23.1 Å². The number of nitrogens with one attached hydrogen (secondary N) is 1. The maximum absolute atomic E-state index is 12.6. The molecule has 9 heteroatoms. The van der Waals surface area contributed by atoms with E-state index in [1.807, 2.05) is 31.2 Å². The third-order valence-corrected chi connectivity index (χ3v) is 7.17. The highest BCUT2D eigenvalue weighted by Crippen LogP contribution is 2.40.